The van der Waals surface area contributed by atoms with Gasteiger partial charge in [0.1, 0.15) is 17.0 Å². The van der Waals surface area contributed by atoms with E-state index in [4.69, 9.17) is 4.74 Å². The summed E-state index contributed by atoms with van der Waals surface area (Å²) in [6, 6.07) is 7.93. The minimum atomic E-state index is -0.276. The maximum atomic E-state index is 13.1. The fourth-order valence-electron chi connectivity index (χ4n) is 4.31. The molecule has 1 amide bonds. The predicted octanol–water partition coefficient (Wildman–Crippen LogP) is 2.40. The van der Waals surface area contributed by atoms with Crippen LogP contribution in [0.3, 0.4) is 0 Å². The van der Waals surface area contributed by atoms with Gasteiger partial charge >= 0.3 is 0 Å². The molecule has 1 aliphatic rings. The second-order valence-corrected chi connectivity index (χ2v) is 9.37. The Morgan fingerprint density at radius 1 is 1.12 bits per heavy atom. The van der Waals surface area contributed by atoms with Crippen LogP contribution in [-0.2, 0) is 16.9 Å². The molecule has 1 aliphatic heterocycles. The summed E-state index contributed by atoms with van der Waals surface area (Å²) in [5, 5.41) is 4.85. The molecule has 1 saturated heterocycles. The Labute approximate surface area is 193 Å². The van der Waals surface area contributed by atoms with Gasteiger partial charge in [-0.3, -0.25) is 14.2 Å². The first-order chi connectivity index (χ1) is 15.7. The molecular weight excluding hydrogens is 420 g/mol. The molecule has 9 heteroatoms. The molecule has 0 atom stereocenters. The monoisotopic (exact) mass is 452 g/mol. The van der Waals surface area contributed by atoms with E-state index in [2.05, 4.69) is 15.0 Å². The largest absolute Gasteiger partial charge is 0.495 e. The van der Waals surface area contributed by atoms with Crippen molar-refractivity contribution >= 4 is 22.6 Å². The highest BCUT2D eigenvalue weighted by Crippen LogP contribution is 2.28. The van der Waals surface area contributed by atoms with E-state index in [1.807, 2.05) is 49.9 Å². The maximum Gasteiger partial charge on any atom is 0.264 e. The summed E-state index contributed by atoms with van der Waals surface area (Å²) in [5.41, 5.74) is 1.20. The van der Waals surface area contributed by atoms with Gasteiger partial charge in [-0.15, -0.1) is 0 Å². The third kappa shape index (κ3) is 4.44. The van der Waals surface area contributed by atoms with Gasteiger partial charge in [-0.25, -0.2) is 9.67 Å². The number of aromatic nitrogens is 4. The van der Waals surface area contributed by atoms with E-state index in [1.54, 1.807) is 29.5 Å². The highest BCUT2D eigenvalue weighted by Gasteiger charge is 2.24. The van der Waals surface area contributed by atoms with Crippen molar-refractivity contribution in [2.24, 2.45) is 0 Å². The second-order valence-electron chi connectivity index (χ2n) is 9.37. The van der Waals surface area contributed by atoms with Crippen molar-refractivity contribution < 1.29 is 9.53 Å². The standard InChI is InChI=1S/C24H32N6O3/c1-17-26-22-18(16-25-30(22)24(2,3)4)23(32)29(17)11-10-21(31)28-14-12-27(13-15-28)19-8-6-7-9-20(19)33-5/h6-9,16H,10-15H2,1-5H3. The third-order valence-corrected chi connectivity index (χ3v) is 6.12. The molecule has 3 aromatic rings. The fourth-order valence-corrected chi connectivity index (χ4v) is 4.31. The van der Waals surface area contributed by atoms with Crippen LogP contribution >= 0.6 is 0 Å². The molecule has 0 N–H and O–H groups in total. The van der Waals surface area contributed by atoms with Crippen molar-refractivity contribution in [3.63, 3.8) is 0 Å². The molecule has 0 aliphatic carbocycles. The summed E-state index contributed by atoms with van der Waals surface area (Å²) in [5.74, 6) is 1.48. The summed E-state index contributed by atoms with van der Waals surface area (Å²) in [6.07, 6.45) is 1.83. The van der Waals surface area contributed by atoms with Crippen LogP contribution in [0.5, 0.6) is 5.75 Å². The number of hydrogen-bond acceptors (Lipinski definition) is 6. The minimum Gasteiger partial charge on any atom is -0.495 e. The third-order valence-electron chi connectivity index (χ3n) is 6.12. The van der Waals surface area contributed by atoms with Gasteiger partial charge in [0.05, 0.1) is 24.5 Å². The quantitative estimate of drug-likeness (QED) is 0.591. The minimum absolute atomic E-state index is 0.0476. The second kappa shape index (κ2) is 8.88. The van der Waals surface area contributed by atoms with Crippen LogP contribution in [0.25, 0.3) is 11.0 Å². The van der Waals surface area contributed by atoms with E-state index < -0.39 is 0 Å². The number of anilines is 1. The number of hydrogen-bond donors (Lipinski definition) is 0. The van der Waals surface area contributed by atoms with Crippen molar-refractivity contribution in [1.29, 1.82) is 0 Å². The molecule has 1 aromatic carbocycles. The van der Waals surface area contributed by atoms with E-state index in [1.165, 1.54) is 0 Å². The molecule has 1 fully saturated rings. The zero-order valence-corrected chi connectivity index (χ0v) is 20.0. The predicted molar refractivity (Wildman–Crippen MR) is 128 cm³/mol. The number of rotatable bonds is 5. The zero-order valence-electron chi connectivity index (χ0n) is 20.0. The molecule has 33 heavy (non-hydrogen) atoms. The highest BCUT2D eigenvalue weighted by atomic mass is 16.5. The lowest BCUT2D eigenvalue weighted by Gasteiger charge is -2.36. The van der Waals surface area contributed by atoms with Gasteiger partial charge in [0.2, 0.25) is 5.91 Å². The topological polar surface area (TPSA) is 85.5 Å². The van der Waals surface area contributed by atoms with Crippen molar-refractivity contribution in [1.82, 2.24) is 24.2 Å². The van der Waals surface area contributed by atoms with Crippen molar-refractivity contribution in [2.45, 2.75) is 46.2 Å². The highest BCUT2D eigenvalue weighted by molar-refractivity contribution is 5.77. The Bertz CT molecular complexity index is 1220. The molecular formula is C24H32N6O3. The summed E-state index contributed by atoms with van der Waals surface area (Å²) >= 11 is 0. The fraction of sp³-hybridized carbons (Fsp3) is 0.500. The van der Waals surface area contributed by atoms with Gasteiger partial charge in [0.15, 0.2) is 5.65 Å². The number of aryl methyl sites for hydroxylation is 1. The number of piperazine rings is 1. The van der Waals surface area contributed by atoms with E-state index in [0.29, 0.717) is 36.5 Å². The molecule has 4 rings (SSSR count). The van der Waals surface area contributed by atoms with Gasteiger partial charge < -0.3 is 14.5 Å². The molecule has 0 spiro atoms. The Balaban J connectivity index is 1.42. The SMILES string of the molecule is COc1ccccc1N1CCN(C(=O)CCn2c(C)nc3c(cnn3C(C)(C)C)c2=O)CC1. The molecule has 176 valence electrons. The number of methoxy groups -OCH3 is 1. The van der Waals surface area contributed by atoms with Crippen molar-refractivity contribution in [2.75, 3.05) is 38.2 Å². The number of carbonyl (C=O) groups excluding carboxylic acids is 1. The number of carbonyl (C=O) groups is 1. The Morgan fingerprint density at radius 2 is 1.82 bits per heavy atom. The average Bonchev–Trinajstić information content (AvgIpc) is 3.23. The first-order valence-corrected chi connectivity index (χ1v) is 11.3. The summed E-state index contributed by atoms with van der Waals surface area (Å²) in [7, 11) is 1.67. The zero-order chi connectivity index (χ0) is 23.8. The normalized spacial score (nSPS) is 14.7. The number of ether oxygens (including phenoxy) is 1. The van der Waals surface area contributed by atoms with Gasteiger partial charge in [0, 0.05) is 39.1 Å². The first-order valence-electron chi connectivity index (χ1n) is 11.3. The average molecular weight is 453 g/mol. The molecule has 0 unspecified atom stereocenters. The van der Waals surface area contributed by atoms with Gasteiger partial charge in [-0.2, -0.15) is 5.10 Å². The smallest absolute Gasteiger partial charge is 0.264 e. The molecule has 0 bridgehead atoms. The van der Waals surface area contributed by atoms with Crippen LogP contribution in [0.2, 0.25) is 0 Å². The Morgan fingerprint density at radius 3 is 2.48 bits per heavy atom. The van der Waals surface area contributed by atoms with Gasteiger partial charge in [-0.1, -0.05) is 12.1 Å². The van der Waals surface area contributed by atoms with E-state index in [-0.39, 0.29) is 23.4 Å². The van der Waals surface area contributed by atoms with E-state index >= 15 is 0 Å². The first kappa shape index (κ1) is 22.8. The van der Waals surface area contributed by atoms with E-state index in [9.17, 15) is 9.59 Å². The number of para-hydroxylation sites is 2. The molecule has 0 saturated carbocycles. The van der Waals surface area contributed by atoms with Gasteiger partial charge in [-0.05, 0) is 39.8 Å². The van der Waals surface area contributed by atoms with Crippen molar-refractivity contribution in [3.05, 3.63) is 46.6 Å². The lowest BCUT2D eigenvalue weighted by Crippen LogP contribution is -2.49. The lowest BCUT2D eigenvalue weighted by molar-refractivity contribution is -0.131. The molecule has 3 heterocycles. The summed E-state index contributed by atoms with van der Waals surface area (Å²) < 4.78 is 8.82. The lowest BCUT2D eigenvalue weighted by atomic mass is 10.1. The van der Waals surface area contributed by atoms with Crippen molar-refractivity contribution in [3.8, 4) is 5.75 Å². The van der Waals surface area contributed by atoms with Crippen LogP contribution in [0.4, 0.5) is 5.69 Å². The number of benzene rings is 1. The van der Waals surface area contributed by atoms with Crippen LogP contribution in [0.15, 0.2) is 35.3 Å². The van der Waals surface area contributed by atoms with Crippen LogP contribution in [0, 0.1) is 6.92 Å². The number of nitrogens with zero attached hydrogens (tertiary/aromatic N) is 6. The van der Waals surface area contributed by atoms with Crippen LogP contribution in [-0.4, -0.2) is 63.4 Å². The maximum absolute atomic E-state index is 13.1. The number of fused-ring (bicyclic) bond motifs is 1. The Hall–Kier alpha value is -3.36. The molecule has 0 radical (unpaired) electrons. The Kier molecular flexibility index (Phi) is 6.14. The van der Waals surface area contributed by atoms with E-state index in [0.717, 1.165) is 24.5 Å². The summed E-state index contributed by atoms with van der Waals surface area (Å²) in [6.45, 7) is 10.9. The van der Waals surface area contributed by atoms with Crippen LogP contribution in [0.1, 0.15) is 33.0 Å². The van der Waals surface area contributed by atoms with Crippen LogP contribution < -0.4 is 15.2 Å². The molecule has 2 aromatic heterocycles. The summed E-state index contributed by atoms with van der Waals surface area (Å²) in [4.78, 5) is 34.7. The number of amides is 1. The van der Waals surface area contributed by atoms with Gasteiger partial charge in [0.25, 0.3) is 5.56 Å². The molecule has 9 nitrogen and oxygen atoms in total.